The van der Waals surface area contributed by atoms with Crippen LogP contribution in [0.4, 0.5) is 5.69 Å². The van der Waals surface area contributed by atoms with E-state index >= 15 is 0 Å². The van der Waals surface area contributed by atoms with Crippen molar-refractivity contribution in [3.05, 3.63) is 89.0 Å². The highest BCUT2D eigenvalue weighted by Gasteiger charge is 2.20. The summed E-state index contributed by atoms with van der Waals surface area (Å²) in [5.74, 6) is -2.74. The number of rotatable bonds is 6. The van der Waals surface area contributed by atoms with Gasteiger partial charge in [-0.1, -0.05) is 48.9 Å². The molecule has 0 aromatic heterocycles. The van der Waals surface area contributed by atoms with Gasteiger partial charge in [0.1, 0.15) is 0 Å². The van der Waals surface area contributed by atoms with Crippen LogP contribution in [0.15, 0.2) is 66.7 Å². The number of Topliss-reactive ketones (excluding diaryl/α,β-unsaturated/α-hetero) is 1. The lowest BCUT2D eigenvalue weighted by Gasteiger charge is -2.20. The minimum Gasteiger partial charge on any atom is -0.466 e. The van der Waals surface area contributed by atoms with E-state index in [1.165, 1.54) is 12.7 Å². The molecular weight excluding hydrogens is 520 g/mol. The SMILES string of the molecule is COC(=O)/C=C/C(=O)C(=O)CCc1ccc2cc1C(=O)NC(C)c1cc(cc3ccccc13)CCCCCC(=O)N2. The Bertz CT molecular complexity index is 1520. The molecule has 1 heterocycles. The number of aryl methyl sites for hydroxylation is 2. The molecule has 0 saturated heterocycles. The molecule has 212 valence electrons. The monoisotopic (exact) mass is 554 g/mol. The van der Waals surface area contributed by atoms with Gasteiger partial charge in [0.15, 0.2) is 0 Å². The minimum absolute atomic E-state index is 0.125. The van der Waals surface area contributed by atoms with Crippen LogP contribution < -0.4 is 10.6 Å². The highest BCUT2D eigenvalue weighted by atomic mass is 16.5. The third kappa shape index (κ3) is 7.75. The van der Waals surface area contributed by atoms with Gasteiger partial charge in [0.2, 0.25) is 17.5 Å². The molecule has 2 N–H and O–H groups in total. The second kappa shape index (κ2) is 13.7. The molecule has 41 heavy (non-hydrogen) atoms. The van der Waals surface area contributed by atoms with E-state index in [4.69, 9.17) is 0 Å². The Morgan fingerprint density at radius 3 is 2.54 bits per heavy atom. The molecule has 0 radical (unpaired) electrons. The Hall–Kier alpha value is -4.59. The number of nitrogens with one attached hydrogen (secondary N) is 2. The number of ether oxygens (including phenoxy) is 1. The molecule has 3 aromatic carbocycles. The fraction of sp³-hybridized carbons (Fsp3) is 0.303. The molecule has 4 rings (SSSR count). The third-order valence-electron chi connectivity index (χ3n) is 7.24. The summed E-state index contributed by atoms with van der Waals surface area (Å²) in [5, 5.41) is 8.15. The maximum absolute atomic E-state index is 13.7. The maximum Gasteiger partial charge on any atom is 0.330 e. The van der Waals surface area contributed by atoms with Crippen LogP contribution >= 0.6 is 0 Å². The summed E-state index contributed by atoms with van der Waals surface area (Å²) in [7, 11) is 1.17. The maximum atomic E-state index is 13.7. The van der Waals surface area contributed by atoms with E-state index in [1.807, 2.05) is 25.1 Å². The number of hydrogen-bond donors (Lipinski definition) is 2. The van der Waals surface area contributed by atoms with Crippen molar-refractivity contribution in [1.29, 1.82) is 0 Å². The summed E-state index contributed by atoms with van der Waals surface area (Å²) in [5.41, 5.74) is 3.56. The Kier molecular flexibility index (Phi) is 9.79. The van der Waals surface area contributed by atoms with Crippen LogP contribution in [0.5, 0.6) is 0 Å². The zero-order valence-corrected chi connectivity index (χ0v) is 23.3. The molecule has 4 bridgehead atoms. The van der Waals surface area contributed by atoms with Crippen LogP contribution in [0.3, 0.4) is 0 Å². The predicted molar refractivity (Wildman–Crippen MR) is 157 cm³/mol. The average Bonchev–Trinajstić information content (AvgIpc) is 2.97. The number of esters is 1. The number of amides is 2. The highest BCUT2D eigenvalue weighted by molar-refractivity contribution is 6.42. The standard InChI is InChI=1S/C33H34N2O6/c1-21-27-19-22(18-24-9-6-7-10-26(24)27)8-4-3-5-11-31(38)35-25-14-12-23(28(20-25)33(40)34-21)13-15-29(36)30(37)16-17-32(39)41-2/h6-7,9-10,12,14,16-21H,3-5,8,11,13,15H2,1-2H3,(H,34,40)(H,35,38)/b17-16+. The molecule has 0 fully saturated rings. The van der Waals surface area contributed by atoms with Crippen molar-refractivity contribution in [2.75, 3.05) is 12.4 Å². The molecule has 3 aromatic rings. The van der Waals surface area contributed by atoms with Gasteiger partial charge in [-0.25, -0.2) is 4.79 Å². The van der Waals surface area contributed by atoms with E-state index in [0.29, 0.717) is 23.2 Å². The number of allylic oxidation sites excluding steroid dienone is 1. The zero-order valence-electron chi connectivity index (χ0n) is 23.3. The molecular formula is C33H34N2O6. The van der Waals surface area contributed by atoms with Crippen molar-refractivity contribution in [2.24, 2.45) is 0 Å². The van der Waals surface area contributed by atoms with Gasteiger partial charge in [-0.3, -0.25) is 19.2 Å². The molecule has 1 atom stereocenters. The molecule has 0 saturated carbocycles. The molecule has 1 aliphatic rings. The van der Waals surface area contributed by atoms with E-state index in [-0.39, 0.29) is 30.7 Å². The summed E-state index contributed by atoms with van der Waals surface area (Å²) in [6.07, 6.45) is 5.65. The fourth-order valence-corrected chi connectivity index (χ4v) is 5.03. The van der Waals surface area contributed by atoms with Gasteiger partial charge in [-0.2, -0.15) is 0 Å². The Morgan fingerprint density at radius 1 is 0.951 bits per heavy atom. The van der Waals surface area contributed by atoms with Crippen molar-refractivity contribution < 1.29 is 28.7 Å². The summed E-state index contributed by atoms with van der Waals surface area (Å²) < 4.78 is 4.45. The normalized spacial score (nSPS) is 16.2. The zero-order chi connectivity index (χ0) is 29.4. The number of benzene rings is 3. The Morgan fingerprint density at radius 2 is 1.73 bits per heavy atom. The van der Waals surface area contributed by atoms with Crippen molar-refractivity contribution in [2.45, 2.75) is 57.9 Å². The molecule has 0 aliphatic carbocycles. The molecule has 1 aliphatic heterocycles. The van der Waals surface area contributed by atoms with Crippen LogP contribution in [0.2, 0.25) is 0 Å². The van der Waals surface area contributed by atoms with Crippen molar-refractivity contribution in [3.8, 4) is 0 Å². The first kappa shape index (κ1) is 29.4. The summed E-state index contributed by atoms with van der Waals surface area (Å²) in [6, 6.07) is 17.1. The van der Waals surface area contributed by atoms with Crippen LogP contribution in [-0.2, 0) is 36.8 Å². The third-order valence-corrected chi connectivity index (χ3v) is 7.24. The first-order valence-electron chi connectivity index (χ1n) is 13.8. The quantitative estimate of drug-likeness (QED) is 0.246. The van der Waals surface area contributed by atoms with Gasteiger partial charge < -0.3 is 15.4 Å². The number of methoxy groups -OCH3 is 1. The smallest absolute Gasteiger partial charge is 0.330 e. The van der Waals surface area contributed by atoms with Gasteiger partial charge in [0.25, 0.3) is 5.91 Å². The van der Waals surface area contributed by atoms with Crippen LogP contribution in [0, 0.1) is 0 Å². The van der Waals surface area contributed by atoms with Crippen LogP contribution in [0.1, 0.15) is 72.1 Å². The van der Waals surface area contributed by atoms with Crippen molar-refractivity contribution in [1.82, 2.24) is 5.32 Å². The second-order valence-electron chi connectivity index (χ2n) is 10.2. The van der Waals surface area contributed by atoms with Crippen molar-refractivity contribution in [3.63, 3.8) is 0 Å². The first-order valence-corrected chi connectivity index (χ1v) is 13.8. The molecule has 8 heteroatoms. The van der Waals surface area contributed by atoms with Crippen LogP contribution in [0.25, 0.3) is 10.8 Å². The lowest BCUT2D eigenvalue weighted by atomic mass is 9.93. The molecule has 8 nitrogen and oxygen atoms in total. The lowest BCUT2D eigenvalue weighted by Crippen LogP contribution is -2.28. The van der Waals surface area contributed by atoms with E-state index in [9.17, 15) is 24.0 Å². The highest BCUT2D eigenvalue weighted by Crippen LogP contribution is 2.28. The van der Waals surface area contributed by atoms with Gasteiger partial charge >= 0.3 is 5.97 Å². The van der Waals surface area contributed by atoms with E-state index in [1.54, 1.807) is 18.2 Å². The topological polar surface area (TPSA) is 119 Å². The summed E-state index contributed by atoms with van der Waals surface area (Å²) in [4.78, 5) is 62.0. The second-order valence-corrected chi connectivity index (χ2v) is 10.2. The molecule has 2 amide bonds. The van der Waals surface area contributed by atoms with E-state index < -0.39 is 17.5 Å². The molecule has 0 spiro atoms. The van der Waals surface area contributed by atoms with Gasteiger partial charge in [-0.15, -0.1) is 0 Å². The van der Waals surface area contributed by atoms with Crippen LogP contribution in [-0.4, -0.2) is 36.5 Å². The largest absolute Gasteiger partial charge is 0.466 e. The number of hydrogen-bond acceptors (Lipinski definition) is 6. The van der Waals surface area contributed by atoms with Crippen molar-refractivity contribution >= 4 is 45.8 Å². The average molecular weight is 555 g/mol. The van der Waals surface area contributed by atoms with Gasteiger partial charge in [-0.05, 0) is 78.3 Å². The lowest BCUT2D eigenvalue weighted by molar-refractivity contribution is -0.135. The molecule has 1 unspecified atom stereocenters. The summed E-state index contributed by atoms with van der Waals surface area (Å²) >= 11 is 0. The number of carbonyl (C=O) groups is 5. The number of carbonyl (C=O) groups excluding carboxylic acids is 5. The Balaban J connectivity index is 1.63. The first-order chi connectivity index (χ1) is 19.7. The van der Waals surface area contributed by atoms with E-state index in [0.717, 1.165) is 54.2 Å². The number of anilines is 1. The van der Waals surface area contributed by atoms with E-state index in [2.05, 4.69) is 33.6 Å². The Labute approximate surface area is 239 Å². The minimum atomic E-state index is -0.827. The van der Waals surface area contributed by atoms with Gasteiger partial charge in [0.05, 0.1) is 13.2 Å². The summed E-state index contributed by atoms with van der Waals surface area (Å²) in [6.45, 7) is 1.94. The fourth-order valence-electron chi connectivity index (χ4n) is 5.03. The van der Waals surface area contributed by atoms with Gasteiger partial charge in [0, 0.05) is 30.2 Å². The number of fused-ring (bicyclic) bond motifs is 6. The number of ketones is 2. The predicted octanol–water partition coefficient (Wildman–Crippen LogP) is 5.19.